The van der Waals surface area contributed by atoms with Crippen molar-refractivity contribution < 1.29 is 14.7 Å². The van der Waals surface area contributed by atoms with E-state index >= 15 is 0 Å². The highest BCUT2D eigenvalue weighted by Gasteiger charge is 2.35. The maximum atomic E-state index is 12.3. The lowest BCUT2D eigenvalue weighted by molar-refractivity contribution is -0.148. The first-order chi connectivity index (χ1) is 8.58. The van der Waals surface area contributed by atoms with Crippen LogP contribution in [0.5, 0.6) is 0 Å². The van der Waals surface area contributed by atoms with E-state index in [1.165, 1.54) is 0 Å². The number of carbonyl (C=O) groups excluding carboxylic acids is 1. The molecule has 2 heterocycles. The van der Waals surface area contributed by atoms with Gasteiger partial charge in [-0.3, -0.25) is 9.59 Å². The lowest BCUT2D eigenvalue weighted by Crippen LogP contribution is -2.51. The fraction of sp³-hybridized carbons (Fsp3) is 0.846. The average Bonchev–Trinajstić information content (AvgIpc) is 2.33. The summed E-state index contributed by atoms with van der Waals surface area (Å²) in [6, 6.07) is 0.324. The maximum Gasteiger partial charge on any atom is 0.304 e. The molecule has 0 bridgehead atoms. The fourth-order valence-electron chi connectivity index (χ4n) is 3.05. The molecule has 0 saturated carbocycles. The molecule has 1 atom stereocenters. The molecule has 0 aliphatic carbocycles. The minimum atomic E-state index is -0.862. The summed E-state index contributed by atoms with van der Waals surface area (Å²) in [5.41, 5.74) is 0. The molecule has 2 fully saturated rings. The normalized spacial score (nSPS) is 27.5. The highest BCUT2D eigenvalue weighted by Crippen LogP contribution is 2.26. The van der Waals surface area contributed by atoms with E-state index in [9.17, 15) is 9.59 Å². The molecule has 1 amide bonds. The van der Waals surface area contributed by atoms with Gasteiger partial charge in [-0.1, -0.05) is 0 Å². The standard InChI is InChI=1S/C13H22N2O3/c1-14-7-4-11(5-8-14)15-6-2-3-10(13(15)18)9-12(16)17/h10-11H,2-9H2,1H3,(H,16,17)/t10-/m1/s1. The lowest BCUT2D eigenvalue weighted by Gasteiger charge is -2.41. The molecule has 0 radical (unpaired) electrons. The zero-order valence-electron chi connectivity index (χ0n) is 11.0. The van der Waals surface area contributed by atoms with Crippen molar-refractivity contribution in [2.45, 2.75) is 38.1 Å². The van der Waals surface area contributed by atoms with Crippen LogP contribution in [-0.2, 0) is 9.59 Å². The zero-order valence-corrected chi connectivity index (χ0v) is 11.0. The van der Waals surface area contributed by atoms with Gasteiger partial charge in [0.05, 0.1) is 6.42 Å². The summed E-state index contributed by atoms with van der Waals surface area (Å²) in [5.74, 6) is -1.09. The molecule has 2 aliphatic rings. The highest BCUT2D eigenvalue weighted by molar-refractivity contribution is 5.84. The number of likely N-dealkylation sites (tertiary alicyclic amines) is 2. The molecule has 5 nitrogen and oxygen atoms in total. The molecule has 0 spiro atoms. The van der Waals surface area contributed by atoms with Crippen LogP contribution in [0.2, 0.25) is 0 Å². The maximum absolute atomic E-state index is 12.3. The number of piperidine rings is 2. The van der Waals surface area contributed by atoms with Gasteiger partial charge in [0.2, 0.25) is 5.91 Å². The van der Waals surface area contributed by atoms with E-state index in [1.54, 1.807) is 0 Å². The third kappa shape index (κ3) is 3.02. The Morgan fingerprint density at radius 1 is 1.28 bits per heavy atom. The number of nitrogens with zero attached hydrogens (tertiary/aromatic N) is 2. The molecule has 5 heteroatoms. The number of amides is 1. The number of hydrogen-bond donors (Lipinski definition) is 1. The fourth-order valence-corrected chi connectivity index (χ4v) is 3.05. The van der Waals surface area contributed by atoms with Crippen molar-refractivity contribution in [3.8, 4) is 0 Å². The first kappa shape index (κ1) is 13.3. The van der Waals surface area contributed by atoms with Crippen molar-refractivity contribution in [2.24, 2.45) is 5.92 Å². The van der Waals surface area contributed by atoms with Crippen LogP contribution in [0.3, 0.4) is 0 Å². The quantitative estimate of drug-likeness (QED) is 0.809. The van der Waals surface area contributed by atoms with Crippen LogP contribution in [0.1, 0.15) is 32.1 Å². The lowest BCUT2D eigenvalue weighted by atomic mass is 9.91. The number of carbonyl (C=O) groups is 2. The largest absolute Gasteiger partial charge is 0.481 e. The zero-order chi connectivity index (χ0) is 13.1. The summed E-state index contributed by atoms with van der Waals surface area (Å²) in [4.78, 5) is 27.3. The van der Waals surface area contributed by atoms with Gasteiger partial charge in [0.1, 0.15) is 0 Å². The van der Waals surface area contributed by atoms with E-state index in [0.717, 1.165) is 45.3 Å². The van der Waals surface area contributed by atoms with Crippen LogP contribution >= 0.6 is 0 Å². The van der Waals surface area contributed by atoms with Gasteiger partial charge < -0.3 is 14.9 Å². The summed E-state index contributed by atoms with van der Waals surface area (Å²) < 4.78 is 0. The van der Waals surface area contributed by atoms with Crippen molar-refractivity contribution in [2.75, 3.05) is 26.7 Å². The molecule has 0 aromatic carbocycles. The molecular weight excluding hydrogens is 232 g/mol. The van der Waals surface area contributed by atoms with Gasteiger partial charge in [-0.05, 0) is 45.8 Å². The van der Waals surface area contributed by atoms with Crippen LogP contribution in [0.25, 0.3) is 0 Å². The van der Waals surface area contributed by atoms with Gasteiger partial charge in [0.25, 0.3) is 0 Å². The van der Waals surface area contributed by atoms with E-state index in [0.29, 0.717) is 6.04 Å². The summed E-state index contributed by atoms with van der Waals surface area (Å²) in [6.07, 6.45) is 3.69. The Balaban J connectivity index is 1.95. The first-order valence-corrected chi connectivity index (χ1v) is 6.78. The Labute approximate surface area is 108 Å². The molecule has 102 valence electrons. The number of rotatable bonds is 3. The second-order valence-electron chi connectivity index (χ2n) is 5.50. The topological polar surface area (TPSA) is 60.9 Å². The van der Waals surface area contributed by atoms with Crippen LogP contribution in [0.15, 0.2) is 0 Å². The summed E-state index contributed by atoms with van der Waals surface area (Å²) in [6.45, 7) is 2.86. The number of carboxylic acid groups (broad SMARTS) is 1. The molecule has 18 heavy (non-hydrogen) atoms. The van der Waals surface area contributed by atoms with Gasteiger partial charge in [-0.15, -0.1) is 0 Å². The number of carboxylic acids is 1. The molecular formula is C13H22N2O3. The monoisotopic (exact) mass is 254 g/mol. The highest BCUT2D eigenvalue weighted by atomic mass is 16.4. The van der Waals surface area contributed by atoms with Crippen LogP contribution < -0.4 is 0 Å². The minimum Gasteiger partial charge on any atom is -0.481 e. The Morgan fingerprint density at radius 3 is 2.56 bits per heavy atom. The van der Waals surface area contributed by atoms with Crippen molar-refractivity contribution in [3.05, 3.63) is 0 Å². The molecule has 0 aromatic rings. The summed E-state index contributed by atoms with van der Waals surface area (Å²) in [7, 11) is 2.10. The Morgan fingerprint density at radius 2 is 1.94 bits per heavy atom. The van der Waals surface area contributed by atoms with Crippen LogP contribution in [0, 0.1) is 5.92 Å². The van der Waals surface area contributed by atoms with E-state index < -0.39 is 5.97 Å². The predicted molar refractivity (Wildman–Crippen MR) is 67.2 cm³/mol. The third-order valence-electron chi connectivity index (χ3n) is 4.13. The molecule has 0 unspecified atom stereocenters. The van der Waals surface area contributed by atoms with Gasteiger partial charge in [-0.2, -0.15) is 0 Å². The van der Waals surface area contributed by atoms with Crippen molar-refractivity contribution in [1.29, 1.82) is 0 Å². The van der Waals surface area contributed by atoms with Gasteiger partial charge in [0.15, 0.2) is 0 Å². The SMILES string of the molecule is CN1CCC(N2CCC[C@H](CC(=O)O)C2=O)CC1. The van der Waals surface area contributed by atoms with E-state index in [1.807, 2.05) is 4.90 Å². The molecule has 2 saturated heterocycles. The second kappa shape index (κ2) is 5.69. The summed E-state index contributed by atoms with van der Waals surface area (Å²) >= 11 is 0. The molecule has 2 aliphatic heterocycles. The second-order valence-corrected chi connectivity index (χ2v) is 5.50. The molecule has 1 N–H and O–H groups in total. The van der Waals surface area contributed by atoms with Gasteiger partial charge in [-0.25, -0.2) is 0 Å². The third-order valence-corrected chi connectivity index (χ3v) is 4.13. The van der Waals surface area contributed by atoms with E-state index in [-0.39, 0.29) is 18.2 Å². The number of hydrogen-bond acceptors (Lipinski definition) is 3. The number of aliphatic carboxylic acids is 1. The predicted octanol–water partition coefficient (Wildman–Crippen LogP) is 0.794. The average molecular weight is 254 g/mol. The van der Waals surface area contributed by atoms with Gasteiger partial charge in [0, 0.05) is 18.5 Å². The van der Waals surface area contributed by atoms with Crippen molar-refractivity contribution >= 4 is 11.9 Å². The Bertz CT molecular complexity index is 324. The minimum absolute atomic E-state index is 0.0119. The van der Waals surface area contributed by atoms with Crippen molar-refractivity contribution in [3.63, 3.8) is 0 Å². The van der Waals surface area contributed by atoms with Crippen molar-refractivity contribution in [1.82, 2.24) is 9.80 Å². The molecule has 0 aromatic heterocycles. The Kier molecular flexibility index (Phi) is 4.22. The van der Waals surface area contributed by atoms with Crippen LogP contribution in [-0.4, -0.2) is 59.5 Å². The van der Waals surface area contributed by atoms with Gasteiger partial charge >= 0.3 is 5.97 Å². The first-order valence-electron chi connectivity index (χ1n) is 6.78. The Hall–Kier alpha value is -1.10. The van der Waals surface area contributed by atoms with E-state index in [4.69, 9.17) is 5.11 Å². The van der Waals surface area contributed by atoms with Crippen LogP contribution in [0.4, 0.5) is 0 Å². The molecule has 2 rings (SSSR count). The summed E-state index contributed by atoms with van der Waals surface area (Å²) in [5, 5.41) is 8.84. The van der Waals surface area contributed by atoms with E-state index in [2.05, 4.69) is 11.9 Å². The smallest absolute Gasteiger partial charge is 0.304 e.